The summed E-state index contributed by atoms with van der Waals surface area (Å²) in [4.78, 5) is 15.6. The molecule has 0 saturated heterocycles. The molecule has 224 valence electrons. The molecular formula is C36H34BrN3O4. The van der Waals surface area contributed by atoms with E-state index in [0.717, 1.165) is 40.7 Å². The molecular weight excluding hydrogens is 618 g/mol. The van der Waals surface area contributed by atoms with Crippen LogP contribution in [0.4, 0.5) is 0 Å². The largest absolute Gasteiger partial charge is 0.488 e. The van der Waals surface area contributed by atoms with Crippen molar-refractivity contribution in [2.75, 3.05) is 20.1 Å². The lowest BCUT2D eigenvalue weighted by Gasteiger charge is -2.25. The van der Waals surface area contributed by atoms with Crippen LogP contribution in [-0.4, -0.2) is 36.1 Å². The van der Waals surface area contributed by atoms with Crippen LogP contribution < -0.4 is 14.8 Å². The lowest BCUT2D eigenvalue weighted by Crippen LogP contribution is -2.26. The Morgan fingerprint density at radius 3 is 2.27 bits per heavy atom. The summed E-state index contributed by atoms with van der Waals surface area (Å²) in [5.74, 6) is 1.35. The van der Waals surface area contributed by atoms with E-state index in [9.17, 15) is 4.79 Å². The number of hydrogen-bond donors (Lipinski definition) is 1. The molecule has 0 atom stereocenters. The van der Waals surface area contributed by atoms with Crippen molar-refractivity contribution in [1.29, 1.82) is 0 Å². The van der Waals surface area contributed by atoms with Gasteiger partial charge in [0.05, 0.1) is 15.6 Å². The Balaban J connectivity index is 1.45. The first-order valence-electron chi connectivity index (χ1n) is 14.8. The molecule has 1 aromatic heterocycles. The highest BCUT2D eigenvalue weighted by Crippen LogP contribution is 2.44. The van der Waals surface area contributed by atoms with Crippen LogP contribution in [0.5, 0.6) is 11.5 Å². The Labute approximate surface area is 265 Å². The Morgan fingerprint density at radius 2 is 1.59 bits per heavy atom. The van der Waals surface area contributed by atoms with Crippen LogP contribution in [0.25, 0.3) is 22.5 Å². The molecule has 1 aliphatic rings. The highest BCUT2D eigenvalue weighted by molar-refractivity contribution is 9.10. The Morgan fingerprint density at radius 1 is 0.909 bits per heavy atom. The van der Waals surface area contributed by atoms with Crippen molar-refractivity contribution in [3.05, 3.63) is 123 Å². The van der Waals surface area contributed by atoms with Crippen LogP contribution >= 0.6 is 15.9 Å². The predicted molar refractivity (Wildman–Crippen MR) is 175 cm³/mol. The summed E-state index contributed by atoms with van der Waals surface area (Å²) in [7, 11) is 2.13. The minimum absolute atomic E-state index is 0.240. The van der Waals surface area contributed by atoms with E-state index in [1.54, 1.807) is 0 Å². The number of carbonyl (C=O) groups excluding carboxylic acids is 1. The number of aromatic nitrogens is 1. The average molecular weight is 653 g/mol. The van der Waals surface area contributed by atoms with Crippen LogP contribution in [0.1, 0.15) is 39.7 Å². The van der Waals surface area contributed by atoms with Crippen molar-refractivity contribution in [3.8, 4) is 33.9 Å². The molecule has 1 aliphatic heterocycles. The number of nitrogens with zero attached hydrogens (tertiary/aromatic N) is 2. The zero-order valence-electron chi connectivity index (χ0n) is 24.8. The Hall–Kier alpha value is -4.40. The van der Waals surface area contributed by atoms with Crippen LogP contribution in [0.3, 0.4) is 0 Å². The molecule has 6 rings (SSSR count). The smallest absolute Gasteiger partial charge is 0.274 e. The topological polar surface area (TPSA) is 76.8 Å². The fraction of sp³-hybridized carbons (Fsp3) is 0.222. The van der Waals surface area contributed by atoms with Crippen LogP contribution in [0.2, 0.25) is 0 Å². The molecule has 2 heterocycles. The fourth-order valence-corrected chi connectivity index (χ4v) is 5.86. The minimum atomic E-state index is -0.288. The third-order valence-corrected chi connectivity index (χ3v) is 8.32. The third-order valence-electron chi connectivity index (χ3n) is 7.70. The minimum Gasteiger partial charge on any atom is -0.488 e. The van der Waals surface area contributed by atoms with Crippen molar-refractivity contribution in [1.82, 2.24) is 15.4 Å². The second-order valence-electron chi connectivity index (χ2n) is 10.9. The van der Waals surface area contributed by atoms with Gasteiger partial charge in [-0.15, -0.1) is 0 Å². The predicted octanol–water partition coefficient (Wildman–Crippen LogP) is 7.67. The van der Waals surface area contributed by atoms with Gasteiger partial charge in [0, 0.05) is 25.7 Å². The molecule has 8 heteroatoms. The molecule has 44 heavy (non-hydrogen) atoms. The number of halogens is 1. The van der Waals surface area contributed by atoms with E-state index >= 15 is 0 Å². The molecule has 0 unspecified atom stereocenters. The monoisotopic (exact) mass is 651 g/mol. The summed E-state index contributed by atoms with van der Waals surface area (Å²) in [5, 5.41) is 7.19. The molecule has 5 aromatic rings. The molecule has 4 aromatic carbocycles. The number of fused-ring (bicyclic) bond motifs is 1. The van der Waals surface area contributed by atoms with E-state index in [4.69, 9.17) is 14.0 Å². The standard InChI is InChI=1S/C36H34BrN3O4/c1-3-38-36(41)34-33(27-14-15-28-21-40(2)17-16-26(28)18-27)35(44-39-34)29-19-30(37)32(43-23-25-12-8-5-9-13-25)20-31(29)42-22-24-10-6-4-7-11-24/h4-15,18-20H,3,16-17,21-23H2,1-2H3,(H,38,41). The normalized spacial score (nSPS) is 12.9. The second-order valence-corrected chi connectivity index (χ2v) is 11.7. The fourth-order valence-electron chi connectivity index (χ4n) is 5.40. The molecule has 0 radical (unpaired) electrons. The van der Waals surface area contributed by atoms with Crippen molar-refractivity contribution >= 4 is 21.8 Å². The van der Waals surface area contributed by atoms with E-state index in [1.807, 2.05) is 85.8 Å². The number of ether oxygens (including phenoxy) is 2. The number of amides is 1. The maximum Gasteiger partial charge on any atom is 0.274 e. The van der Waals surface area contributed by atoms with Gasteiger partial charge in [-0.2, -0.15) is 0 Å². The van der Waals surface area contributed by atoms with Gasteiger partial charge in [0.25, 0.3) is 5.91 Å². The summed E-state index contributed by atoms with van der Waals surface area (Å²) >= 11 is 3.72. The highest BCUT2D eigenvalue weighted by Gasteiger charge is 2.28. The number of rotatable bonds is 10. The Kier molecular flexibility index (Phi) is 9.09. The SMILES string of the molecule is CCNC(=O)c1noc(-c2cc(Br)c(OCc3ccccc3)cc2OCc2ccccc2)c1-c1ccc2c(c1)CCN(C)C2. The van der Waals surface area contributed by atoms with Crippen LogP contribution in [0.15, 0.2) is 100.0 Å². The van der Waals surface area contributed by atoms with Crippen molar-refractivity contribution in [3.63, 3.8) is 0 Å². The van der Waals surface area contributed by atoms with Gasteiger partial charge in [-0.1, -0.05) is 84.0 Å². The first kappa shape index (κ1) is 29.7. The lowest BCUT2D eigenvalue weighted by atomic mass is 9.92. The van der Waals surface area contributed by atoms with Crippen molar-refractivity contribution < 1.29 is 18.8 Å². The Bertz CT molecular complexity index is 1750. The molecule has 0 saturated carbocycles. The molecule has 0 aliphatic carbocycles. The third kappa shape index (κ3) is 6.56. The van der Waals surface area contributed by atoms with Crippen LogP contribution in [0, 0.1) is 0 Å². The van der Waals surface area contributed by atoms with Crippen molar-refractivity contribution in [2.45, 2.75) is 33.1 Å². The van der Waals surface area contributed by atoms with Gasteiger partial charge >= 0.3 is 0 Å². The molecule has 7 nitrogen and oxygen atoms in total. The molecule has 1 amide bonds. The van der Waals surface area contributed by atoms with E-state index in [1.165, 1.54) is 11.1 Å². The number of likely N-dealkylation sites (N-methyl/N-ethyl adjacent to an activating group) is 1. The number of nitrogens with one attached hydrogen (secondary N) is 1. The maximum atomic E-state index is 13.3. The zero-order valence-corrected chi connectivity index (χ0v) is 26.4. The highest BCUT2D eigenvalue weighted by atomic mass is 79.9. The van der Waals surface area contributed by atoms with E-state index in [0.29, 0.717) is 48.1 Å². The molecule has 0 spiro atoms. The van der Waals surface area contributed by atoms with Gasteiger partial charge < -0.3 is 24.2 Å². The van der Waals surface area contributed by atoms with E-state index in [2.05, 4.69) is 50.5 Å². The van der Waals surface area contributed by atoms with Gasteiger partial charge in [-0.05, 0) is 70.2 Å². The zero-order chi connectivity index (χ0) is 30.5. The van der Waals surface area contributed by atoms with E-state index < -0.39 is 0 Å². The first-order chi connectivity index (χ1) is 21.5. The molecule has 0 fully saturated rings. The maximum absolute atomic E-state index is 13.3. The number of hydrogen-bond acceptors (Lipinski definition) is 6. The number of benzene rings is 4. The summed E-state index contributed by atoms with van der Waals surface area (Å²) in [6, 6.07) is 30.1. The quantitative estimate of drug-likeness (QED) is 0.167. The summed E-state index contributed by atoms with van der Waals surface area (Å²) < 4.78 is 19.4. The number of carbonyl (C=O) groups is 1. The van der Waals surface area contributed by atoms with Gasteiger partial charge in [0.15, 0.2) is 11.5 Å². The van der Waals surface area contributed by atoms with Gasteiger partial charge in [0.2, 0.25) is 0 Å². The summed E-state index contributed by atoms with van der Waals surface area (Å²) in [5.41, 5.74) is 7.04. The first-order valence-corrected chi connectivity index (χ1v) is 15.6. The van der Waals surface area contributed by atoms with Crippen LogP contribution in [-0.2, 0) is 26.2 Å². The van der Waals surface area contributed by atoms with Crippen molar-refractivity contribution in [2.24, 2.45) is 0 Å². The van der Waals surface area contributed by atoms with Gasteiger partial charge in [-0.3, -0.25) is 4.79 Å². The summed E-state index contributed by atoms with van der Waals surface area (Å²) in [6.07, 6.45) is 0.932. The average Bonchev–Trinajstić information content (AvgIpc) is 3.49. The molecule has 0 bridgehead atoms. The van der Waals surface area contributed by atoms with Gasteiger partial charge in [0.1, 0.15) is 24.7 Å². The van der Waals surface area contributed by atoms with E-state index in [-0.39, 0.29) is 11.6 Å². The summed E-state index contributed by atoms with van der Waals surface area (Å²) in [6.45, 7) is 4.97. The second kappa shape index (κ2) is 13.5. The lowest BCUT2D eigenvalue weighted by molar-refractivity contribution is 0.0947. The van der Waals surface area contributed by atoms with Gasteiger partial charge in [-0.25, -0.2) is 0 Å². The molecule has 1 N–H and O–H groups in total.